The van der Waals surface area contributed by atoms with Gasteiger partial charge in [0, 0.05) is 0 Å². The number of rotatable bonds is 10. The lowest BCUT2D eigenvalue weighted by Gasteiger charge is -2.48. The first-order valence-corrected chi connectivity index (χ1v) is 7.67. The van der Waals surface area contributed by atoms with Crippen molar-refractivity contribution in [2.24, 2.45) is 0 Å². The predicted octanol–water partition coefficient (Wildman–Crippen LogP) is -9.14. The molecule has 24 heavy (non-hydrogen) atoms. The van der Waals surface area contributed by atoms with Crippen LogP contribution in [0.15, 0.2) is 0 Å². The summed E-state index contributed by atoms with van der Waals surface area (Å²) in [7, 11) is 76.2. The lowest BCUT2D eigenvalue weighted by molar-refractivity contribution is 3.29. The quantitative estimate of drug-likeness (QED) is 0.342. The van der Waals surface area contributed by atoms with E-state index in [2.05, 4.69) is 0 Å². The molecule has 0 saturated carbocycles. The third kappa shape index (κ3) is 6.94. The molecule has 0 aliphatic rings. The van der Waals surface area contributed by atoms with E-state index >= 15 is 0 Å². The van der Waals surface area contributed by atoms with Crippen molar-refractivity contribution in [3.05, 3.63) is 0 Å². The maximum absolute atomic E-state index is 6.10. The molecular formula is B24-. The largest absolute Gasteiger partial charge is 0.687 e. The Morgan fingerprint density at radius 3 is 0.792 bits per heavy atom. The first-order valence-electron chi connectivity index (χ1n) is 7.67. The van der Waals surface area contributed by atoms with Crippen molar-refractivity contribution in [1.82, 2.24) is 0 Å². The van der Waals surface area contributed by atoms with E-state index in [-0.39, 0.29) is 0 Å². The molecule has 0 saturated heterocycles. The van der Waals surface area contributed by atoms with E-state index in [1.165, 1.54) is 0 Å². The summed E-state index contributed by atoms with van der Waals surface area (Å²) in [6.45, 7) is 0. The molecule has 0 aromatic rings. The molecule has 0 rings (SSSR count). The van der Waals surface area contributed by atoms with Gasteiger partial charge in [-0.25, -0.2) is 6.39 Å². The fraction of sp³-hybridized carbons (Fsp3) is 0. The van der Waals surface area contributed by atoms with Crippen LogP contribution in [0.25, 0.3) is 0 Å². The lowest BCUT2D eigenvalue weighted by atomic mass is 8.35. The van der Waals surface area contributed by atoms with Gasteiger partial charge in [-0.15, -0.1) is 0 Å². The van der Waals surface area contributed by atoms with Gasteiger partial charge in [0.05, 0.1) is 0 Å². The van der Waals surface area contributed by atoms with Gasteiger partial charge in [0.2, 0.25) is 0 Å². The summed E-state index contributed by atoms with van der Waals surface area (Å²) in [6.07, 6.45) is -9.56. The van der Waals surface area contributed by atoms with Gasteiger partial charge in [-0.3, -0.25) is 0 Å². The van der Waals surface area contributed by atoms with Crippen molar-refractivity contribution in [3.63, 3.8) is 0 Å². The first kappa shape index (κ1) is 25.6. The van der Waals surface area contributed by atoms with E-state index in [1.54, 1.807) is 0 Å². The van der Waals surface area contributed by atoms with E-state index in [9.17, 15) is 0 Å². The van der Waals surface area contributed by atoms with Gasteiger partial charge in [-0.2, -0.15) is 0 Å². The smallest absolute Gasteiger partial charge is 0.0000000000472 e. The van der Waals surface area contributed by atoms with Gasteiger partial charge in [0.15, 0.2) is 0 Å². The second-order valence-corrected chi connectivity index (χ2v) is 6.35. The topological polar surface area (TPSA) is 0 Å². The molecule has 0 unspecified atom stereocenters. The molecule has 0 spiro atoms. The van der Waals surface area contributed by atoms with E-state index in [0.717, 1.165) is 0 Å². The summed E-state index contributed by atoms with van der Waals surface area (Å²) < 4.78 is 0. The van der Waals surface area contributed by atoms with Gasteiger partial charge in [-0.05, 0) is 157 Å². The highest BCUT2D eigenvalue weighted by atomic mass is 13.3. The lowest BCUT2D eigenvalue weighted by Crippen LogP contribution is -2.84. The SMILES string of the molecule is [B]B([B])B(B([B])[B])B(B(B([B])[B])B([B])[B])B(B([B])[B])B([B])B([B])[B-]. The molecule has 0 heterocycles. The first-order chi connectivity index (χ1) is 10.8. The highest BCUT2D eigenvalue weighted by Gasteiger charge is 2.47. The minimum absolute atomic E-state index is 0.713. The molecule has 0 atom stereocenters. The molecule has 0 bridgehead atoms. The van der Waals surface area contributed by atoms with Gasteiger partial charge < -0.3 is 7.74 Å². The van der Waals surface area contributed by atoms with Gasteiger partial charge in [-0.1, -0.05) is 0 Å². The Bertz CT molecular complexity index is 285. The Hall–Kier alpha value is 1.56. The summed E-state index contributed by atoms with van der Waals surface area (Å²) in [5, 5.41) is 0. The Labute approximate surface area is 170 Å². The summed E-state index contributed by atoms with van der Waals surface area (Å²) in [5.41, 5.74) is 0. The van der Waals surface area contributed by atoms with Crippen molar-refractivity contribution in [2.75, 3.05) is 0 Å². The fourth-order valence-electron chi connectivity index (χ4n) is 3.34. The second kappa shape index (κ2) is 11.4. The van der Waals surface area contributed by atoms with Crippen LogP contribution < -0.4 is 0 Å². The molecule has 0 aliphatic carbocycles. The van der Waals surface area contributed by atoms with Gasteiger partial charge in [0.1, 0.15) is 0 Å². The zero-order valence-corrected chi connectivity index (χ0v) is 13.9. The van der Waals surface area contributed by atoms with E-state index < -0.39 is 70.2 Å². The van der Waals surface area contributed by atoms with Crippen molar-refractivity contribution in [1.29, 1.82) is 0 Å². The molecule has 24 heteroatoms. The zero-order valence-electron chi connectivity index (χ0n) is 13.9. The summed E-state index contributed by atoms with van der Waals surface area (Å²) >= 11 is 0. The molecule has 0 aromatic carbocycles. The van der Waals surface area contributed by atoms with E-state index in [4.69, 9.17) is 101 Å². The third-order valence-corrected chi connectivity index (χ3v) is 4.44. The summed E-state index contributed by atoms with van der Waals surface area (Å²) in [6, 6.07) is 0. The van der Waals surface area contributed by atoms with Crippen LogP contribution in [0.2, 0.25) is 0 Å². The monoisotopic (exact) mass is 264 g/mol. The molecule has 0 fully saturated rings. The zero-order chi connectivity index (χ0) is 19.4. The average molecular weight is 259 g/mol. The van der Waals surface area contributed by atoms with Gasteiger partial charge >= 0.3 is 0 Å². The minimum atomic E-state index is -0.973. The minimum Gasteiger partial charge on any atom is -0.687 e. The van der Waals surface area contributed by atoms with Crippen LogP contribution in [0, 0.1) is 0 Å². The van der Waals surface area contributed by atoms with Crippen molar-refractivity contribution in [3.8, 4) is 0 Å². The summed E-state index contributed by atoms with van der Waals surface area (Å²) in [4.78, 5) is 0. The fourth-order valence-corrected chi connectivity index (χ4v) is 3.34. The van der Waals surface area contributed by atoms with Crippen LogP contribution in [-0.4, -0.2) is 171 Å². The van der Waals surface area contributed by atoms with Crippen LogP contribution in [0.3, 0.4) is 0 Å². The van der Waals surface area contributed by atoms with Crippen molar-refractivity contribution < 1.29 is 0 Å². The Balaban J connectivity index is 6.24. The second-order valence-electron chi connectivity index (χ2n) is 6.35. The van der Waals surface area contributed by atoms with Crippen LogP contribution in [0.1, 0.15) is 0 Å². The third-order valence-electron chi connectivity index (χ3n) is 4.44. The van der Waals surface area contributed by atoms with Crippen molar-refractivity contribution >= 4 is 171 Å². The number of hydrogen-bond acceptors (Lipinski definition) is 0. The number of hydrogen-bond donors (Lipinski definition) is 0. The van der Waals surface area contributed by atoms with E-state index in [0.29, 0.717) is 0 Å². The molecule has 27 radical (unpaired) electrons. The van der Waals surface area contributed by atoms with Crippen LogP contribution >= 0.6 is 0 Å². The Kier molecular flexibility index (Phi) is 12.2. The molecule has 0 aliphatic heterocycles. The van der Waals surface area contributed by atoms with Crippen molar-refractivity contribution in [2.45, 2.75) is 0 Å². The van der Waals surface area contributed by atoms with Crippen LogP contribution in [0.5, 0.6) is 0 Å². The highest BCUT2D eigenvalue weighted by molar-refractivity contribution is 8.23. The van der Waals surface area contributed by atoms with Crippen LogP contribution in [-0.2, 0) is 0 Å². The predicted molar refractivity (Wildman–Crippen MR) is 138 cm³/mol. The average Bonchev–Trinajstić information content (AvgIpc) is 2.35. The molecule has 0 N–H and O–H groups in total. The highest BCUT2D eigenvalue weighted by Crippen LogP contribution is 2.09. The maximum atomic E-state index is 6.10. The molecule has 0 amide bonds. The maximum Gasteiger partial charge on any atom is -0.0000000000472 e. The summed E-state index contributed by atoms with van der Waals surface area (Å²) in [5.74, 6) is 0. The molecular weight excluding hydrogens is 259 g/mol. The molecule has 73 valence electrons. The normalized spacial score (nSPS) is 9.38. The molecule has 0 aromatic heterocycles. The van der Waals surface area contributed by atoms with Gasteiger partial charge in [0.25, 0.3) is 0 Å². The van der Waals surface area contributed by atoms with E-state index in [1.807, 2.05) is 0 Å². The molecule has 0 nitrogen and oxygen atoms in total. The Morgan fingerprint density at radius 1 is 0.375 bits per heavy atom. The Morgan fingerprint density at radius 2 is 0.625 bits per heavy atom. The standard InChI is InChI=1S/B24/c1-14(2)20(13)23(19(11)12)24(21(15(3)4)16(5)6)22(17(7)8)18(9)10/q-1. The van der Waals surface area contributed by atoms with Crippen LogP contribution in [0.4, 0.5) is 0 Å².